The van der Waals surface area contributed by atoms with Gasteiger partial charge in [0, 0.05) is 6.04 Å². The number of rotatable bonds is 12. The van der Waals surface area contributed by atoms with Crippen molar-refractivity contribution in [2.45, 2.75) is 78.2 Å². The third-order valence-electron chi connectivity index (χ3n) is 3.86. The third kappa shape index (κ3) is 7.40. The number of benzene rings is 1. The molecule has 0 spiro atoms. The molecule has 0 saturated heterocycles. The van der Waals surface area contributed by atoms with Gasteiger partial charge in [-0.05, 0) is 31.9 Å². The zero-order valence-electron chi connectivity index (χ0n) is 14.2. The van der Waals surface area contributed by atoms with E-state index in [4.69, 9.17) is 4.74 Å². The maximum absolute atomic E-state index is 5.73. The average molecular weight is 291 g/mol. The van der Waals surface area contributed by atoms with E-state index in [9.17, 15) is 0 Å². The minimum atomic E-state index is 0.574. The number of para-hydroxylation sites is 2. The van der Waals surface area contributed by atoms with Crippen LogP contribution in [0.1, 0.15) is 72.1 Å². The molecule has 0 atom stereocenters. The molecular formula is C19H33NO. The van der Waals surface area contributed by atoms with E-state index in [1.807, 2.05) is 13.0 Å². The van der Waals surface area contributed by atoms with Gasteiger partial charge in [-0.25, -0.2) is 0 Å². The predicted molar refractivity (Wildman–Crippen MR) is 93.3 cm³/mol. The van der Waals surface area contributed by atoms with Crippen molar-refractivity contribution >= 4 is 5.69 Å². The lowest BCUT2D eigenvalue weighted by molar-refractivity contribution is 0.341. The summed E-state index contributed by atoms with van der Waals surface area (Å²) in [6.45, 7) is 7.29. The molecule has 0 aromatic heterocycles. The number of anilines is 1. The molecule has 0 radical (unpaired) electrons. The largest absolute Gasteiger partial charge is 0.492 e. The van der Waals surface area contributed by atoms with Gasteiger partial charge in [-0.15, -0.1) is 0 Å². The van der Waals surface area contributed by atoms with E-state index in [-0.39, 0.29) is 0 Å². The quantitative estimate of drug-likeness (QED) is 0.475. The van der Waals surface area contributed by atoms with Crippen molar-refractivity contribution in [3.05, 3.63) is 24.3 Å². The second kappa shape index (κ2) is 11.5. The standard InChI is InChI=1S/C19H33NO/c1-4-7-9-13-17(14-10-8-5-2)20-18-15-11-12-16-19(18)21-6-3/h11-12,15-17,20H,4-10,13-14H2,1-3H3. The average Bonchev–Trinajstić information content (AvgIpc) is 2.49. The van der Waals surface area contributed by atoms with Gasteiger partial charge in [0.15, 0.2) is 0 Å². The zero-order valence-corrected chi connectivity index (χ0v) is 14.2. The first-order chi connectivity index (χ1) is 10.3. The van der Waals surface area contributed by atoms with Crippen LogP contribution in [0.25, 0.3) is 0 Å². The fourth-order valence-electron chi connectivity index (χ4n) is 2.66. The monoisotopic (exact) mass is 291 g/mol. The highest BCUT2D eigenvalue weighted by atomic mass is 16.5. The molecule has 1 N–H and O–H groups in total. The van der Waals surface area contributed by atoms with Gasteiger partial charge in [-0.3, -0.25) is 0 Å². The number of unbranched alkanes of at least 4 members (excludes halogenated alkanes) is 4. The Kier molecular flexibility index (Phi) is 9.77. The van der Waals surface area contributed by atoms with Crippen LogP contribution >= 0.6 is 0 Å². The van der Waals surface area contributed by atoms with Crippen LogP contribution in [0.5, 0.6) is 5.75 Å². The van der Waals surface area contributed by atoms with Crippen LogP contribution in [0.3, 0.4) is 0 Å². The van der Waals surface area contributed by atoms with Crippen molar-refractivity contribution in [1.29, 1.82) is 0 Å². The molecule has 0 heterocycles. The van der Waals surface area contributed by atoms with Crippen molar-refractivity contribution < 1.29 is 4.74 Å². The van der Waals surface area contributed by atoms with E-state index in [0.717, 1.165) is 18.0 Å². The van der Waals surface area contributed by atoms with E-state index >= 15 is 0 Å². The Balaban J connectivity index is 2.60. The Bertz CT molecular complexity index is 354. The molecule has 1 aromatic carbocycles. The van der Waals surface area contributed by atoms with E-state index in [0.29, 0.717) is 6.04 Å². The van der Waals surface area contributed by atoms with Crippen LogP contribution in [0.2, 0.25) is 0 Å². The smallest absolute Gasteiger partial charge is 0.142 e. The molecule has 0 aliphatic heterocycles. The maximum Gasteiger partial charge on any atom is 0.142 e. The summed E-state index contributed by atoms with van der Waals surface area (Å²) >= 11 is 0. The molecule has 0 aliphatic rings. The Morgan fingerprint density at radius 1 is 0.905 bits per heavy atom. The first-order valence-corrected chi connectivity index (χ1v) is 8.80. The fourth-order valence-corrected chi connectivity index (χ4v) is 2.66. The molecule has 120 valence electrons. The summed E-state index contributed by atoms with van der Waals surface area (Å²) in [5, 5.41) is 3.73. The van der Waals surface area contributed by atoms with Gasteiger partial charge in [-0.1, -0.05) is 64.5 Å². The zero-order chi connectivity index (χ0) is 15.3. The Morgan fingerprint density at radius 3 is 2.10 bits per heavy atom. The second-order valence-corrected chi connectivity index (χ2v) is 5.76. The first kappa shape index (κ1) is 17.9. The molecule has 0 fully saturated rings. The Morgan fingerprint density at radius 2 is 1.52 bits per heavy atom. The van der Waals surface area contributed by atoms with Crippen molar-refractivity contribution in [3.63, 3.8) is 0 Å². The number of nitrogens with one attached hydrogen (secondary N) is 1. The van der Waals surface area contributed by atoms with E-state index in [2.05, 4.69) is 37.4 Å². The summed E-state index contributed by atoms with van der Waals surface area (Å²) in [4.78, 5) is 0. The summed E-state index contributed by atoms with van der Waals surface area (Å²) in [5.74, 6) is 0.982. The molecule has 0 unspecified atom stereocenters. The molecular weight excluding hydrogens is 258 g/mol. The van der Waals surface area contributed by atoms with Crippen molar-refractivity contribution in [2.24, 2.45) is 0 Å². The SMILES string of the molecule is CCCCCC(CCCCC)Nc1ccccc1OCC. The second-order valence-electron chi connectivity index (χ2n) is 5.76. The molecule has 1 aromatic rings. The molecule has 2 heteroatoms. The number of hydrogen-bond acceptors (Lipinski definition) is 2. The topological polar surface area (TPSA) is 21.3 Å². The molecule has 21 heavy (non-hydrogen) atoms. The van der Waals surface area contributed by atoms with Gasteiger partial charge < -0.3 is 10.1 Å². The fraction of sp³-hybridized carbons (Fsp3) is 0.684. The Hall–Kier alpha value is -1.18. The maximum atomic E-state index is 5.73. The van der Waals surface area contributed by atoms with Crippen LogP contribution in [0.15, 0.2) is 24.3 Å². The molecule has 0 amide bonds. The molecule has 0 saturated carbocycles. The van der Waals surface area contributed by atoms with Gasteiger partial charge in [0.05, 0.1) is 12.3 Å². The van der Waals surface area contributed by atoms with Crippen LogP contribution < -0.4 is 10.1 Å². The molecule has 0 aliphatic carbocycles. The van der Waals surface area contributed by atoms with E-state index in [1.54, 1.807) is 0 Å². The number of hydrogen-bond donors (Lipinski definition) is 1. The third-order valence-corrected chi connectivity index (χ3v) is 3.86. The van der Waals surface area contributed by atoms with Crippen LogP contribution in [0, 0.1) is 0 Å². The van der Waals surface area contributed by atoms with Crippen LogP contribution in [-0.2, 0) is 0 Å². The first-order valence-electron chi connectivity index (χ1n) is 8.80. The lowest BCUT2D eigenvalue weighted by Gasteiger charge is -2.21. The molecule has 1 rings (SSSR count). The normalized spacial score (nSPS) is 10.9. The summed E-state index contributed by atoms with van der Waals surface area (Å²) in [6, 6.07) is 8.89. The van der Waals surface area contributed by atoms with Gasteiger partial charge in [0.1, 0.15) is 5.75 Å². The van der Waals surface area contributed by atoms with E-state index in [1.165, 1.54) is 51.4 Å². The highest BCUT2D eigenvalue weighted by Crippen LogP contribution is 2.26. The van der Waals surface area contributed by atoms with Gasteiger partial charge in [0.2, 0.25) is 0 Å². The van der Waals surface area contributed by atoms with Crippen molar-refractivity contribution in [2.75, 3.05) is 11.9 Å². The lowest BCUT2D eigenvalue weighted by Crippen LogP contribution is -2.20. The van der Waals surface area contributed by atoms with Gasteiger partial charge in [-0.2, -0.15) is 0 Å². The van der Waals surface area contributed by atoms with Crippen LogP contribution in [0.4, 0.5) is 5.69 Å². The lowest BCUT2D eigenvalue weighted by atomic mass is 10.0. The predicted octanol–water partition coefficient (Wildman–Crippen LogP) is 6.03. The van der Waals surface area contributed by atoms with E-state index < -0.39 is 0 Å². The summed E-state index contributed by atoms with van der Waals surface area (Å²) in [6.07, 6.45) is 10.4. The highest BCUT2D eigenvalue weighted by molar-refractivity contribution is 5.56. The minimum absolute atomic E-state index is 0.574. The summed E-state index contributed by atoms with van der Waals surface area (Å²) in [5.41, 5.74) is 1.15. The summed E-state index contributed by atoms with van der Waals surface area (Å²) < 4.78 is 5.73. The van der Waals surface area contributed by atoms with Gasteiger partial charge in [0.25, 0.3) is 0 Å². The minimum Gasteiger partial charge on any atom is -0.492 e. The summed E-state index contributed by atoms with van der Waals surface area (Å²) in [7, 11) is 0. The Labute approximate surface area is 131 Å². The number of ether oxygens (including phenoxy) is 1. The molecule has 2 nitrogen and oxygen atoms in total. The van der Waals surface area contributed by atoms with Crippen molar-refractivity contribution in [1.82, 2.24) is 0 Å². The van der Waals surface area contributed by atoms with Crippen molar-refractivity contribution in [3.8, 4) is 5.75 Å². The molecule has 0 bridgehead atoms. The van der Waals surface area contributed by atoms with Crippen LogP contribution in [-0.4, -0.2) is 12.6 Å². The highest BCUT2D eigenvalue weighted by Gasteiger charge is 2.11. The van der Waals surface area contributed by atoms with Gasteiger partial charge >= 0.3 is 0 Å².